The van der Waals surface area contributed by atoms with Crippen LogP contribution in [0.5, 0.6) is 0 Å². The molecule has 17 heavy (non-hydrogen) atoms. The number of likely N-dealkylation sites (tertiary alicyclic amines) is 1. The van der Waals surface area contributed by atoms with Crippen LogP contribution in [0.1, 0.15) is 6.42 Å². The third-order valence-corrected chi connectivity index (χ3v) is 2.64. The molecule has 1 aliphatic rings. The third kappa shape index (κ3) is 3.55. The number of alkyl halides is 3. The monoisotopic (exact) mass is 257 g/mol. The van der Waals surface area contributed by atoms with Gasteiger partial charge < -0.3 is 14.9 Å². The Morgan fingerprint density at radius 3 is 2.65 bits per heavy atom. The average Bonchev–Trinajstić information content (AvgIpc) is 2.57. The quantitative estimate of drug-likeness (QED) is 0.668. The number of aliphatic hydroxyl groups is 2. The van der Waals surface area contributed by atoms with Crippen LogP contribution in [0.15, 0.2) is 0 Å². The third-order valence-electron chi connectivity index (χ3n) is 2.64. The number of rotatable bonds is 3. The first-order chi connectivity index (χ1) is 7.75. The summed E-state index contributed by atoms with van der Waals surface area (Å²) in [6.45, 7) is -0.840. The Bertz CT molecular complexity index is 284. The largest absolute Gasteiger partial charge is 0.468 e. The molecule has 1 aliphatic heterocycles. The van der Waals surface area contributed by atoms with Gasteiger partial charge in [0, 0.05) is 19.5 Å². The molecule has 0 aromatic carbocycles. The Morgan fingerprint density at radius 2 is 2.18 bits per heavy atom. The lowest BCUT2D eigenvalue weighted by atomic mass is 10.2. The van der Waals surface area contributed by atoms with Crippen molar-refractivity contribution in [3.8, 4) is 0 Å². The summed E-state index contributed by atoms with van der Waals surface area (Å²) in [5.74, 6) is -0.712. The van der Waals surface area contributed by atoms with Gasteiger partial charge in [-0.05, 0) is 0 Å². The minimum absolute atomic E-state index is 0.0112. The molecule has 0 saturated carbocycles. The van der Waals surface area contributed by atoms with E-state index in [4.69, 9.17) is 5.11 Å². The molecule has 2 N–H and O–H groups in total. The Labute approximate surface area is 95.8 Å². The minimum atomic E-state index is -4.74. The lowest BCUT2D eigenvalue weighted by molar-refractivity contribution is -0.209. The molecule has 1 heterocycles. The summed E-state index contributed by atoms with van der Waals surface area (Å²) >= 11 is 0. The summed E-state index contributed by atoms with van der Waals surface area (Å²) in [5.41, 5.74) is 0. The van der Waals surface area contributed by atoms with Gasteiger partial charge in [0.1, 0.15) is 6.04 Å². The fourth-order valence-corrected chi connectivity index (χ4v) is 1.79. The van der Waals surface area contributed by atoms with Gasteiger partial charge in [-0.3, -0.25) is 9.69 Å². The smallest absolute Gasteiger partial charge is 0.415 e. The van der Waals surface area contributed by atoms with Gasteiger partial charge in [-0.2, -0.15) is 13.2 Å². The standard InChI is InChI=1S/C9H14F3NO4/c1-17-8(16)6-2-5(14)3-13(6)4-7(15)9(10,11)12/h5-7,14-15H,2-4H2,1H3/t5-,6-,7-/m1/s1. The van der Waals surface area contributed by atoms with E-state index in [2.05, 4.69) is 4.74 Å². The van der Waals surface area contributed by atoms with Gasteiger partial charge in [0.25, 0.3) is 0 Å². The summed E-state index contributed by atoms with van der Waals surface area (Å²) in [6.07, 6.45) is -8.16. The molecule has 1 saturated heterocycles. The Balaban J connectivity index is 2.65. The molecule has 0 bridgehead atoms. The van der Waals surface area contributed by atoms with Gasteiger partial charge >= 0.3 is 12.1 Å². The number of hydrogen-bond donors (Lipinski definition) is 2. The predicted octanol–water partition coefficient (Wildman–Crippen LogP) is -0.482. The molecule has 0 radical (unpaired) electrons. The first-order valence-corrected chi connectivity index (χ1v) is 5.00. The number of nitrogens with zero attached hydrogens (tertiary/aromatic N) is 1. The molecule has 0 aromatic heterocycles. The lowest BCUT2D eigenvalue weighted by Gasteiger charge is -2.25. The van der Waals surface area contributed by atoms with Crippen molar-refractivity contribution in [3.05, 3.63) is 0 Å². The van der Waals surface area contributed by atoms with E-state index in [1.807, 2.05) is 0 Å². The summed E-state index contributed by atoms with van der Waals surface area (Å²) in [4.78, 5) is 12.3. The molecule has 3 atom stereocenters. The van der Waals surface area contributed by atoms with E-state index in [0.29, 0.717) is 0 Å². The second kappa shape index (κ2) is 5.19. The first kappa shape index (κ1) is 14.2. The SMILES string of the molecule is COC(=O)[C@H]1C[C@@H](O)CN1C[C@@H](O)C(F)(F)F. The first-order valence-electron chi connectivity index (χ1n) is 5.00. The van der Waals surface area contributed by atoms with Crippen LogP contribution in [0.25, 0.3) is 0 Å². The molecule has 5 nitrogen and oxygen atoms in total. The molecule has 100 valence electrons. The number of ether oxygens (including phenoxy) is 1. The van der Waals surface area contributed by atoms with Gasteiger partial charge in [-0.25, -0.2) is 0 Å². The Hall–Kier alpha value is -0.860. The molecule has 0 spiro atoms. The average molecular weight is 257 g/mol. The van der Waals surface area contributed by atoms with Gasteiger partial charge in [-0.15, -0.1) is 0 Å². The van der Waals surface area contributed by atoms with Gasteiger partial charge in [0.2, 0.25) is 0 Å². The van der Waals surface area contributed by atoms with Crippen molar-refractivity contribution in [2.75, 3.05) is 20.2 Å². The van der Waals surface area contributed by atoms with Crippen LogP contribution in [-0.2, 0) is 9.53 Å². The van der Waals surface area contributed by atoms with Gasteiger partial charge in [-0.1, -0.05) is 0 Å². The van der Waals surface area contributed by atoms with Crippen LogP contribution in [0.4, 0.5) is 13.2 Å². The summed E-state index contributed by atoms with van der Waals surface area (Å²) in [7, 11) is 1.12. The fraction of sp³-hybridized carbons (Fsp3) is 0.889. The van der Waals surface area contributed by atoms with Crippen LogP contribution in [0.3, 0.4) is 0 Å². The maximum Gasteiger partial charge on any atom is 0.415 e. The van der Waals surface area contributed by atoms with Crippen LogP contribution in [0.2, 0.25) is 0 Å². The minimum Gasteiger partial charge on any atom is -0.468 e. The summed E-state index contributed by atoms with van der Waals surface area (Å²) < 4.78 is 40.9. The van der Waals surface area contributed by atoms with E-state index in [-0.39, 0.29) is 13.0 Å². The second-order valence-electron chi connectivity index (χ2n) is 3.94. The van der Waals surface area contributed by atoms with Crippen molar-refractivity contribution < 1.29 is 32.9 Å². The number of hydrogen-bond acceptors (Lipinski definition) is 5. The van der Waals surface area contributed by atoms with Crippen LogP contribution in [-0.4, -0.2) is 65.7 Å². The molecular formula is C9H14F3NO4. The van der Waals surface area contributed by atoms with Crippen molar-refractivity contribution in [2.24, 2.45) is 0 Å². The molecule has 0 aromatic rings. The number of carbonyl (C=O) groups is 1. The number of methoxy groups -OCH3 is 1. The lowest BCUT2D eigenvalue weighted by Crippen LogP contribution is -2.45. The maximum absolute atomic E-state index is 12.2. The zero-order chi connectivity index (χ0) is 13.2. The number of aliphatic hydroxyl groups excluding tert-OH is 2. The normalized spacial score (nSPS) is 28.1. The molecular weight excluding hydrogens is 243 g/mol. The highest BCUT2D eigenvalue weighted by Gasteiger charge is 2.44. The Morgan fingerprint density at radius 1 is 1.59 bits per heavy atom. The van der Waals surface area contributed by atoms with Crippen LogP contribution >= 0.6 is 0 Å². The summed E-state index contributed by atoms with van der Waals surface area (Å²) in [5, 5.41) is 18.2. The van der Waals surface area contributed by atoms with E-state index < -0.39 is 36.9 Å². The number of halogens is 3. The fourth-order valence-electron chi connectivity index (χ4n) is 1.79. The van der Waals surface area contributed by atoms with Gasteiger partial charge in [0.05, 0.1) is 13.2 Å². The summed E-state index contributed by atoms with van der Waals surface area (Å²) in [6, 6.07) is -0.938. The molecule has 8 heteroatoms. The highest BCUT2D eigenvalue weighted by atomic mass is 19.4. The van der Waals surface area contributed by atoms with Crippen molar-refractivity contribution in [1.82, 2.24) is 4.90 Å². The molecule has 0 aliphatic carbocycles. The van der Waals surface area contributed by atoms with E-state index >= 15 is 0 Å². The van der Waals surface area contributed by atoms with Crippen molar-refractivity contribution in [2.45, 2.75) is 30.8 Å². The molecule has 1 fully saturated rings. The van der Waals surface area contributed by atoms with Crippen LogP contribution in [0, 0.1) is 0 Å². The molecule has 0 unspecified atom stereocenters. The van der Waals surface area contributed by atoms with Crippen LogP contribution < -0.4 is 0 Å². The van der Waals surface area contributed by atoms with E-state index in [9.17, 15) is 23.1 Å². The maximum atomic E-state index is 12.2. The van der Waals surface area contributed by atoms with E-state index in [1.165, 1.54) is 0 Å². The number of β-amino-alcohol motifs (C(OH)–C–C–N with tert-alkyl or cyclic N) is 2. The van der Waals surface area contributed by atoms with Crippen molar-refractivity contribution in [3.63, 3.8) is 0 Å². The highest BCUT2D eigenvalue weighted by Crippen LogP contribution is 2.25. The number of esters is 1. The predicted molar refractivity (Wildman–Crippen MR) is 50.1 cm³/mol. The van der Waals surface area contributed by atoms with E-state index in [0.717, 1.165) is 12.0 Å². The molecule has 1 rings (SSSR count). The highest BCUT2D eigenvalue weighted by molar-refractivity contribution is 5.76. The van der Waals surface area contributed by atoms with Crippen molar-refractivity contribution in [1.29, 1.82) is 0 Å². The Kier molecular flexibility index (Phi) is 4.34. The van der Waals surface area contributed by atoms with Crippen molar-refractivity contribution >= 4 is 5.97 Å². The van der Waals surface area contributed by atoms with E-state index in [1.54, 1.807) is 0 Å². The number of carbonyl (C=O) groups excluding carboxylic acids is 1. The molecule has 0 amide bonds. The topological polar surface area (TPSA) is 70.0 Å². The second-order valence-corrected chi connectivity index (χ2v) is 3.94. The zero-order valence-corrected chi connectivity index (χ0v) is 9.15. The van der Waals surface area contributed by atoms with Gasteiger partial charge in [0.15, 0.2) is 6.10 Å². The zero-order valence-electron chi connectivity index (χ0n) is 9.15.